The Balaban J connectivity index is 2.34. The van der Waals surface area contributed by atoms with Crippen molar-refractivity contribution in [1.82, 2.24) is 0 Å². The summed E-state index contributed by atoms with van der Waals surface area (Å²) in [4.78, 5) is 0. The van der Waals surface area contributed by atoms with Gasteiger partial charge in [0.15, 0.2) is 0 Å². The lowest BCUT2D eigenvalue weighted by molar-refractivity contribution is -0.160. The Hall–Kier alpha value is -0.0400. The summed E-state index contributed by atoms with van der Waals surface area (Å²) in [5.41, 5.74) is 0.375. The van der Waals surface area contributed by atoms with Gasteiger partial charge in [-0.25, -0.2) is 0 Å². The van der Waals surface area contributed by atoms with Crippen molar-refractivity contribution in [2.45, 2.75) is 72.3 Å². The maximum atomic E-state index is 10.5. The molecule has 0 aliphatic heterocycles. The van der Waals surface area contributed by atoms with Crippen LogP contribution in [0.4, 0.5) is 0 Å². The summed E-state index contributed by atoms with van der Waals surface area (Å²) in [5.74, 6) is 1.22. The van der Waals surface area contributed by atoms with Crippen molar-refractivity contribution in [2.75, 3.05) is 0 Å². The zero-order valence-electron chi connectivity index (χ0n) is 11.6. The fourth-order valence-corrected chi connectivity index (χ4v) is 4.77. The van der Waals surface area contributed by atoms with Crippen molar-refractivity contribution in [1.29, 1.82) is 0 Å². The van der Waals surface area contributed by atoms with Gasteiger partial charge >= 0.3 is 0 Å². The fourth-order valence-electron chi connectivity index (χ4n) is 4.77. The van der Waals surface area contributed by atoms with Gasteiger partial charge in [-0.15, -0.1) is 0 Å². The molecule has 0 heterocycles. The average molecular weight is 224 g/mol. The Labute approximate surface area is 101 Å². The first-order chi connectivity index (χ1) is 7.20. The van der Waals surface area contributed by atoms with Crippen molar-refractivity contribution < 1.29 is 5.11 Å². The molecule has 0 amide bonds. The average Bonchev–Trinajstić information content (AvgIpc) is 2.12. The molecule has 0 aromatic carbocycles. The standard InChI is InChI=1S/C15H28O/c1-11-14(4)9-6-8-13(2,3)12(14)7-10-15(11,5)16/h11-12,16H,6-10H2,1-5H3/t11?,12?,14-,15-/m1/s1. The van der Waals surface area contributed by atoms with Gasteiger partial charge in [0.1, 0.15) is 0 Å². The molecule has 0 aromatic heterocycles. The molecule has 94 valence electrons. The minimum atomic E-state index is -0.446. The second-order valence-corrected chi connectivity index (χ2v) is 7.52. The summed E-state index contributed by atoms with van der Waals surface area (Å²) in [5, 5.41) is 10.5. The van der Waals surface area contributed by atoms with Crippen LogP contribution in [0.2, 0.25) is 0 Å². The summed E-state index contributed by atoms with van der Waals surface area (Å²) in [6.07, 6.45) is 6.19. The van der Waals surface area contributed by atoms with Crippen molar-refractivity contribution in [3.8, 4) is 0 Å². The zero-order valence-corrected chi connectivity index (χ0v) is 11.6. The molecule has 16 heavy (non-hydrogen) atoms. The van der Waals surface area contributed by atoms with E-state index in [9.17, 15) is 5.11 Å². The summed E-state index contributed by atoms with van der Waals surface area (Å²) in [6, 6.07) is 0. The molecule has 0 bridgehead atoms. The molecule has 2 unspecified atom stereocenters. The molecule has 2 saturated carbocycles. The molecule has 1 nitrogen and oxygen atoms in total. The van der Waals surface area contributed by atoms with Gasteiger partial charge in [-0.3, -0.25) is 0 Å². The van der Waals surface area contributed by atoms with Gasteiger partial charge in [0.05, 0.1) is 5.60 Å². The van der Waals surface area contributed by atoms with E-state index in [2.05, 4.69) is 27.7 Å². The van der Waals surface area contributed by atoms with Crippen molar-refractivity contribution in [3.05, 3.63) is 0 Å². The highest BCUT2D eigenvalue weighted by atomic mass is 16.3. The van der Waals surface area contributed by atoms with Crippen LogP contribution in [0.3, 0.4) is 0 Å². The van der Waals surface area contributed by atoms with E-state index in [1.54, 1.807) is 0 Å². The summed E-state index contributed by atoms with van der Waals surface area (Å²) in [6.45, 7) is 11.6. The van der Waals surface area contributed by atoms with E-state index in [4.69, 9.17) is 0 Å². The van der Waals surface area contributed by atoms with Crippen LogP contribution in [0.15, 0.2) is 0 Å². The highest BCUT2D eigenvalue weighted by Gasteiger charge is 2.56. The van der Waals surface area contributed by atoms with Gasteiger partial charge < -0.3 is 5.11 Å². The minimum Gasteiger partial charge on any atom is -0.390 e. The largest absolute Gasteiger partial charge is 0.390 e. The van der Waals surface area contributed by atoms with Crippen LogP contribution in [-0.4, -0.2) is 10.7 Å². The Morgan fingerprint density at radius 2 is 1.62 bits per heavy atom. The van der Waals surface area contributed by atoms with Crippen LogP contribution in [-0.2, 0) is 0 Å². The van der Waals surface area contributed by atoms with Gasteiger partial charge in [-0.05, 0) is 55.3 Å². The Bertz CT molecular complexity index is 279. The van der Waals surface area contributed by atoms with Crippen LogP contribution in [0.5, 0.6) is 0 Å². The predicted octanol–water partition coefficient (Wildman–Crippen LogP) is 4.00. The molecule has 2 aliphatic rings. The van der Waals surface area contributed by atoms with E-state index in [0.29, 0.717) is 16.7 Å². The molecule has 1 heteroatoms. The van der Waals surface area contributed by atoms with Crippen LogP contribution < -0.4 is 0 Å². The monoisotopic (exact) mass is 224 g/mol. The molecule has 2 fully saturated rings. The highest BCUT2D eigenvalue weighted by molar-refractivity contribution is 5.05. The molecule has 0 saturated heterocycles. The minimum absolute atomic E-state index is 0.351. The Kier molecular flexibility index (Phi) is 2.70. The van der Waals surface area contributed by atoms with Crippen molar-refractivity contribution in [2.24, 2.45) is 22.7 Å². The van der Waals surface area contributed by atoms with E-state index in [-0.39, 0.29) is 0 Å². The quantitative estimate of drug-likeness (QED) is 0.659. The van der Waals surface area contributed by atoms with E-state index in [1.807, 2.05) is 6.92 Å². The lowest BCUT2D eigenvalue weighted by Gasteiger charge is -2.60. The summed E-state index contributed by atoms with van der Waals surface area (Å²) >= 11 is 0. The van der Waals surface area contributed by atoms with E-state index >= 15 is 0 Å². The van der Waals surface area contributed by atoms with Crippen LogP contribution >= 0.6 is 0 Å². The predicted molar refractivity (Wildman–Crippen MR) is 68.3 cm³/mol. The number of hydrogen-bond acceptors (Lipinski definition) is 1. The molecular weight excluding hydrogens is 196 g/mol. The van der Waals surface area contributed by atoms with Gasteiger partial charge in [0.2, 0.25) is 0 Å². The Morgan fingerprint density at radius 3 is 2.25 bits per heavy atom. The lowest BCUT2D eigenvalue weighted by atomic mass is 9.46. The third-order valence-corrected chi connectivity index (χ3v) is 6.14. The fraction of sp³-hybridized carbons (Fsp3) is 1.00. The molecule has 0 radical (unpaired) electrons. The van der Waals surface area contributed by atoms with Gasteiger partial charge in [-0.2, -0.15) is 0 Å². The van der Waals surface area contributed by atoms with Gasteiger partial charge in [0.25, 0.3) is 0 Å². The lowest BCUT2D eigenvalue weighted by Crippen LogP contribution is -2.56. The first kappa shape index (κ1) is 12.4. The van der Waals surface area contributed by atoms with Gasteiger partial charge in [0, 0.05) is 0 Å². The van der Waals surface area contributed by atoms with Crippen LogP contribution in [0.25, 0.3) is 0 Å². The molecular formula is C15H28O. The number of hydrogen-bond donors (Lipinski definition) is 1. The number of fused-ring (bicyclic) bond motifs is 1. The number of aliphatic hydroxyl groups is 1. The molecule has 0 aromatic rings. The van der Waals surface area contributed by atoms with Gasteiger partial charge in [-0.1, -0.05) is 34.1 Å². The zero-order chi connectivity index (χ0) is 12.2. The Morgan fingerprint density at radius 1 is 1.00 bits per heavy atom. The highest BCUT2D eigenvalue weighted by Crippen LogP contribution is 2.61. The second kappa shape index (κ2) is 3.48. The molecule has 0 spiro atoms. The molecule has 2 aliphatic carbocycles. The molecule has 4 atom stereocenters. The third-order valence-electron chi connectivity index (χ3n) is 6.14. The topological polar surface area (TPSA) is 20.2 Å². The maximum Gasteiger partial charge on any atom is 0.0650 e. The normalized spacial score (nSPS) is 52.1. The van der Waals surface area contributed by atoms with Crippen molar-refractivity contribution in [3.63, 3.8) is 0 Å². The van der Waals surface area contributed by atoms with Crippen LogP contribution in [0.1, 0.15) is 66.7 Å². The first-order valence-corrected chi connectivity index (χ1v) is 6.92. The van der Waals surface area contributed by atoms with E-state index in [1.165, 1.54) is 25.7 Å². The smallest absolute Gasteiger partial charge is 0.0650 e. The maximum absolute atomic E-state index is 10.5. The number of rotatable bonds is 0. The third kappa shape index (κ3) is 1.63. The van der Waals surface area contributed by atoms with Crippen LogP contribution in [0, 0.1) is 22.7 Å². The summed E-state index contributed by atoms with van der Waals surface area (Å²) in [7, 11) is 0. The van der Waals surface area contributed by atoms with E-state index in [0.717, 1.165) is 12.3 Å². The molecule has 1 N–H and O–H groups in total. The van der Waals surface area contributed by atoms with E-state index < -0.39 is 5.60 Å². The SMILES string of the molecule is CC1[C@@]2(C)CCCC(C)(C)C2CC[C@@]1(C)O. The van der Waals surface area contributed by atoms with Crippen molar-refractivity contribution >= 4 is 0 Å². The summed E-state index contributed by atoms with van der Waals surface area (Å²) < 4.78 is 0. The second-order valence-electron chi connectivity index (χ2n) is 7.52. The molecule has 2 rings (SSSR count). The first-order valence-electron chi connectivity index (χ1n) is 6.92.